The van der Waals surface area contributed by atoms with Crippen molar-refractivity contribution in [3.8, 4) is 0 Å². The van der Waals surface area contributed by atoms with Gasteiger partial charge in [0.15, 0.2) is 0 Å². The van der Waals surface area contributed by atoms with Gasteiger partial charge in [-0.2, -0.15) is 0 Å². The summed E-state index contributed by atoms with van der Waals surface area (Å²) in [7, 11) is 0. The predicted octanol–water partition coefficient (Wildman–Crippen LogP) is 2.05. The first-order valence-electron chi connectivity index (χ1n) is 8.01. The van der Waals surface area contributed by atoms with Gasteiger partial charge >= 0.3 is 0 Å². The van der Waals surface area contributed by atoms with E-state index in [-0.39, 0.29) is 5.91 Å². The molecular weight excluding hydrogens is 282 g/mol. The summed E-state index contributed by atoms with van der Waals surface area (Å²) < 4.78 is 0. The summed E-state index contributed by atoms with van der Waals surface area (Å²) in [5, 5.41) is 2.98. The van der Waals surface area contributed by atoms with Gasteiger partial charge in [0.1, 0.15) is 0 Å². The molecule has 2 saturated heterocycles. The lowest BCUT2D eigenvalue weighted by Gasteiger charge is -2.25. The zero-order valence-corrected chi connectivity index (χ0v) is 13.6. The summed E-state index contributed by atoms with van der Waals surface area (Å²) >= 11 is 1.93. The molecule has 1 unspecified atom stereocenters. The predicted molar refractivity (Wildman–Crippen MR) is 86.3 cm³/mol. The van der Waals surface area contributed by atoms with Crippen LogP contribution in [0.5, 0.6) is 0 Å². The number of carbonyl (C=O) groups excluding carboxylic acids is 1. The van der Waals surface area contributed by atoms with Gasteiger partial charge in [-0.15, -0.1) is 11.3 Å². The molecule has 3 rings (SSSR count). The maximum atomic E-state index is 11.5. The van der Waals surface area contributed by atoms with Crippen molar-refractivity contribution in [3.63, 3.8) is 0 Å². The van der Waals surface area contributed by atoms with E-state index >= 15 is 0 Å². The van der Waals surface area contributed by atoms with Gasteiger partial charge < -0.3 is 5.32 Å². The normalized spacial score (nSPS) is 25.0. The summed E-state index contributed by atoms with van der Waals surface area (Å²) in [5.74, 6) is 0.185. The number of carbonyl (C=O) groups is 1. The molecule has 2 aliphatic heterocycles. The van der Waals surface area contributed by atoms with Crippen molar-refractivity contribution in [1.82, 2.24) is 15.1 Å². The molecular formula is C16H25N3OS. The van der Waals surface area contributed by atoms with E-state index < -0.39 is 0 Å². The Hall–Kier alpha value is -0.910. The quantitative estimate of drug-likeness (QED) is 0.925. The number of amides is 1. The van der Waals surface area contributed by atoms with Crippen LogP contribution in [0.4, 0.5) is 0 Å². The van der Waals surface area contributed by atoms with Gasteiger partial charge in [0.05, 0.1) is 0 Å². The monoisotopic (exact) mass is 307 g/mol. The number of rotatable bonds is 4. The van der Waals surface area contributed by atoms with Gasteiger partial charge in [0, 0.05) is 48.4 Å². The Labute approximate surface area is 131 Å². The van der Waals surface area contributed by atoms with Crippen LogP contribution in [0.15, 0.2) is 12.1 Å². The zero-order valence-electron chi connectivity index (χ0n) is 12.8. The molecule has 1 aromatic heterocycles. The first-order valence-corrected chi connectivity index (χ1v) is 8.83. The molecule has 3 heterocycles. The Morgan fingerprint density at radius 1 is 1.19 bits per heavy atom. The van der Waals surface area contributed by atoms with Gasteiger partial charge in [-0.25, -0.2) is 0 Å². The van der Waals surface area contributed by atoms with Crippen molar-refractivity contribution < 1.29 is 4.79 Å². The SMILES string of the molecule is CC1CNC(=O)CCN1Cc1ccc(CN2CCCC2)s1. The second kappa shape index (κ2) is 6.90. The largest absolute Gasteiger partial charge is 0.355 e. The van der Waals surface area contributed by atoms with Crippen LogP contribution in [0.25, 0.3) is 0 Å². The highest BCUT2D eigenvalue weighted by molar-refractivity contribution is 7.11. The molecule has 2 aliphatic rings. The molecule has 116 valence electrons. The fraction of sp³-hybridized carbons (Fsp3) is 0.688. The lowest BCUT2D eigenvalue weighted by Crippen LogP contribution is -2.37. The lowest BCUT2D eigenvalue weighted by molar-refractivity contribution is -0.120. The van der Waals surface area contributed by atoms with Crippen molar-refractivity contribution in [2.75, 3.05) is 26.2 Å². The van der Waals surface area contributed by atoms with E-state index in [1.807, 2.05) is 11.3 Å². The van der Waals surface area contributed by atoms with Crippen molar-refractivity contribution in [1.29, 1.82) is 0 Å². The molecule has 1 N–H and O–H groups in total. The number of hydrogen-bond acceptors (Lipinski definition) is 4. The van der Waals surface area contributed by atoms with Crippen LogP contribution in [-0.4, -0.2) is 47.9 Å². The molecule has 5 heteroatoms. The smallest absolute Gasteiger partial charge is 0.221 e. The summed E-state index contributed by atoms with van der Waals surface area (Å²) in [6.45, 7) is 8.43. The standard InChI is InChI=1S/C16H25N3OS/c1-13-10-17-16(20)6-9-19(13)12-15-5-4-14(21-15)11-18-7-2-3-8-18/h4-5,13H,2-3,6-12H2,1H3,(H,17,20). The second-order valence-corrected chi connectivity index (χ2v) is 7.48. The average molecular weight is 307 g/mol. The molecule has 0 radical (unpaired) electrons. The minimum absolute atomic E-state index is 0.185. The van der Waals surface area contributed by atoms with Crippen molar-refractivity contribution in [3.05, 3.63) is 21.9 Å². The van der Waals surface area contributed by atoms with E-state index in [1.165, 1.54) is 35.7 Å². The van der Waals surface area contributed by atoms with E-state index in [9.17, 15) is 4.79 Å². The zero-order chi connectivity index (χ0) is 14.7. The molecule has 0 saturated carbocycles. The van der Waals surface area contributed by atoms with E-state index in [2.05, 4.69) is 34.2 Å². The average Bonchev–Trinajstić information content (AvgIpc) is 3.10. The molecule has 2 fully saturated rings. The van der Waals surface area contributed by atoms with Gasteiger partial charge in [0.2, 0.25) is 5.91 Å². The van der Waals surface area contributed by atoms with Crippen LogP contribution < -0.4 is 5.32 Å². The van der Waals surface area contributed by atoms with Gasteiger partial charge in [-0.1, -0.05) is 0 Å². The van der Waals surface area contributed by atoms with Gasteiger partial charge in [-0.3, -0.25) is 14.6 Å². The number of hydrogen-bond donors (Lipinski definition) is 1. The minimum Gasteiger partial charge on any atom is -0.355 e. The van der Waals surface area contributed by atoms with Crippen molar-refractivity contribution in [2.24, 2.45) is 0 Å². The van der Waals surface area contributed by atoms with Gasteiger partial charge in [-0.05, 0) is 45.0 Å². The molecule has 1 amide bonds. The molecule has 0 aromatic carbocycles. The topological polar surface area (TPSA) is 35.6 Å². The minimum atomic E-state index is 0.185. The molecule has 1 aromatic rings. The van der Waals surface area contributed by atoms with Crippen LogP contribution in [0.2, 0.25) is 0 Å². The molecule has 21 heavy (non-hydrogen) atoms. The number of nitrogens with one attached hydrogen (secondary N) is 1. The first kappa shape index (κ1) is 15.0. The van der Waals surface area contributed by atoms with Crippen LogP contribution >= 0.6 is 11.3 Å². The lowest BCUT2D eigenvalue weighted by atomic mass is 10.2. The first-order chi connectivity index (χ1) is 10.2. The van der Waals surface area contributed by atoms with E-state index in [0.29, 0.717) is 12.5 Å². The number of nitrogens with zero attached hydrogens (tertiary/aromatic N) is 2. The third kappa shape index (κ3) is 4.05. The molecule has 4 nitrogen and oxygen atoms in total. The van der Waals surface area contributed by atoms with Crippen LogP contribution in [-0.2, 0) is 17.9 Å². The summed E-state index contributed by atoms with van der Waals surface area (Å²) in [5.41, 5.74) is 0. The van der Waals surface area contributed by atoms with Crippen molar-refractivity contribution in [2.45, 2.75) is 45.3 Å². The Morgan fingerprint density at radius 3 is 2.67 bits per heavy atom. The van der Waals surface area contributed by atoms with Crippen LogP contribution in [0.1, 0.15) is 35.9 Å². The second-order valence-electron chi connectivity index (χ2n) is 6.22. The van der Waals surface area contributed by atoms with Gasteiger partial charge in [0.25, 0.3) is 0 Å². The highest BCUT2D eigenvalue weighted by atomic mass is 32.1. The fourth-order valence-electron chi connectivity index (χ4n) is 3.13. The third-order valence-electron chi connectivity index (χ3n) is 4.50. The maximum Gasteiger partial charge on any atom is 0.221 e. The van der Waals surface area contributed by atoms with Crippen molar-refractivity contribution >= 4 is 17.2 Å². The Balaban J connectivity index is 1.56. The number of likely N-dealkylation sites (tertiary alicyclic amines) is 1. The number of thiophene rings is 1. The van der Waals surface area contributed by atoms with E-state index in [4.69, 9.17) is 0 Å². The summed E-state index contributed by atoms with van der Waals surface area (Å²) in [6.07, 6.45) is 3.32. The highest BCUT2D eigenvalue weighted by Crippen LogP contribution is 2.23. The Bertz CT molecular complexity index is 482. The fourth-order valence-corrected chi connectivity index (χ4v) is 4.22. The maximum absolute atomic E-state index is 11.5. The van der Waals surface area contributed by atoms with Crippen LogP contribution in [0, 0.1) is 0 Å². The molecule has 0 bridgehead atoms. The van der Waals surface area contributed by atoms with E-state index in [0.717, 1.165) is 26.2 Å². The Morgan fingerprint density at radius 2 is 1.90 bits per heavy atom. The third-order valence-corrected chi connectivity index (χ3v) is 5.55. The molecule has 0 aliphatic carbocycles. The van der Waals surface area contributed by atoms with E-state index in [1.54, 1.807) is 0 Å². The van der Waals surface area contributed by atoms with Crippen LogP contribution in [0.3, 0.4) is 0 Å². The highest BCUT2D eigenvalue weighted by Gasteiger charge is 2.21. The summed E-state index contributed by atoms with van der Waals surface area (Å²) in [4.78, 5) is 19.3. The molecule has 1 atom stereocenters. The summed E-state index contributed by atoms with van der Waals surface area (Å²) in [6, 6.07) is 4.97. The molecule has 0 spiro atoms. The Kier molecular flexibility index (Phi) is 4.93.